The summed E-state index contributed by atoms with van der Waals surface area (Å²) in [5, 5.41) is 5.01. The zero-order chi connectivity index (χ0) is 31.3. The first kappa shape index (κ1) is 32.4. The number of aromatic nitrogens is 3. The zero-order valence-electron chi connectivity index (χ0n) is 27.5. The van der Waals surface area contributed by atoms with E-state index < -0.39 is 17.7 Å². The summed E-state index contributed by atoms with van der Waals surface area (Å²) in [5.41, 5.74) is 4.71. The minimum Gasteiger partial charge on any atom is -0.464 e. The second-order valence-electron chi connectivity index (χ2n) is 13.4. The van der Waals surface area contributed by atoms with Crippen molar-refractivity contribution in [2.45, 2.75) is 117 Å². The number of anilines is 1. The maximum atomic E-state index is 13.5. The minimum atomic E-state index is -0.947. The van der Waals surface area contributed by atoms with E-state index in [4.69, 9.17) is 29.0 Å². The van der Waals surface area contributed by atoms with Gasteiger partial charge in [0.1, 0.15) is 5.82 Å². The Bertz CT molecular complexity index is 1420. The first-order valence-electron chi connectivity index (χ1n) is 16.3. The van der Waals surface area contributed by atoms with Gasteiger partial charge in [-0.25, -0.2) is 9.78 Å². The van der Waals surface area contributed by atoms with E-state index in [0.29, 0.717) is 24.4 Å². The van der Waals surface area contributed by atoms with Crippen LogP contribution >= 0.6 is 0 Å². The van der Waals surface area contributed by atoms with Crippen LogP contribution in [0.15, 0.2) is 30.3 Å². The van der Waals surface area contributed by atoms with Crippen LogP contribution in [0, 0.1) is 6.92 Å². The van der Waals surface area contributed by atoms with Gasteiger partial charge in [0.15, 0.2) is 11.8 Å². The number of piperidine rings is 1. The Morgan fingerprint density at radius 3 is 2.52 bits per heavy atom. The van der Waals surface area contributed by atoms with Crippen LogP contribution in [-0.2, 0) is 43.4 Å². The van der Waals surface area contributed by atoms with Crippen LogP contribution in [0.2, 0.25) is 0 Å². The van der Waals surface area contributed by atoms with Crippen molar-refractivity contribution in [2.75, 3.05) is 31.2 Å². The molecule has 1 aromatic carbocycles. The Labute approximate surface area is 262 Å². The van der Waals surface area contributed by atoms with Crippen LogP contribution in [0.4, 0.5) is 5.82 Å². The molecule has 9 nitrogen and oxygen atoms in total. The molecule has 3 aliphatic rings. The van der Waals surface area contributed by atoms with E-state index in [1.54, 1.807) is 0 Å². The summed E-state index contributed by atoms with van der Waals surface area (Å²) in [5.74, 6) is 0.400. The van der Waals surface area contributed by atoms with Crippen molar-refractivity contribution in [3.63, 3.8) is 0 Å². The topological polar surface area (TPSA) is 87.4 Å². The van der Waals surface area contributed by atoms with Crippen molar-refractivity contribution >= 4 is 17.4 Å². The van der Waals surface area contributed by atoms with E-state index in [1.165, 1.54) is 24.0 Å². The van der Waals surface area contributed by atoms with Gasteiger partial charge in [-0.05, 0) is 84.8 Å². The van der Waals surface area contributed by atoms with Crippen molar-refractivity contribution in [1.82, 2.24) is 14.6 Å². The molecule has 1 saturated heterocycles. The number of aryl methyl sites for hydroxylation is 2. The van der Waals surface area contributed by atoms with Crippen molar-refractivity contribution in [1.29, 1.82) is 0 Å². The normalized spacial score (nSPS) is 19.1. The molecule has 2 aromatic heterocycles. The van der Waals surface area contributed by atoms with Crippen molar-refractivity contribution in [3.8, 4) is 0 Å². The Balaban J connectivity index is 1.56. The van der Waals surface area contributed by atoms with Crippen LogP contribution in [0.5, 0.6) is 0 Å². The third kappa shape index (κ3) is 7.79. The van der Waals surface area contributed by atoms with E-state index in [2.05, 4.69) is 36.1 Å². The molecule has 0 radical (unpaired) electrons. The summed E-state index contributed by atoms with van der Waals surface area (Å²) in [7, 11) is 0. The quantitative estimate of drug-likeness (QED) is 0.305. The Morgan fingerprint density at radius 2 is 1.80 bits per heavy atom. The predicted octanol–water partition coefficient (Wildman–Crippen LogP) is 6.67. The molecule has 1 fully saturated rings. The maximum absolute atomic E-state index is 13.5. The number of fused-ring (bicyclic) bond motifs is 10. The molecule has 0 saturated carbocycles. The second-order valence-corrected chi connectivity index (χ2v) is 13.4. The van der Waals surface area contributed by atoms with E-state index >= 15 is 0 Å². The highest BCUT2D eigenvalue weighted by atomic mass is 16.6. The summed E-state index contributed by atoms with van der Waals surface area (Å²) in [6.45, 7) is 15.3. The first-order valence-corrected chi connectivity index (χ1v) is 16.3. The van der Waals surface area contributed by atoms with Gasteiger partial charge in [-0.3, -0.25) is 0 Å². The highest BCUT2D eigenvalue weighted by Crippen LogP contribution is 2.38. The van der Waals surface area contributed by atoms with Crippen molar-refractivity contribution in [2.24, 2.45) is 0 Å². The van der Waals surface area contributed by atoms with Gasteiger partial charge in [0.2, 0.25) is 0 Å². The lowest BCUT2D eigenvalue weighted by atomic mass is 9.92. The minimum absolute atomic E-state index is 0.191. The van der Waals surface area contributed by atoms with Crippen LogP contribution in [-0.4, -0.2) is 58.1 Å². The summed E-state index contributed by atoms with van der Waals surface area (Å²) in [6, 6.07) is 10.5. The van der Waals surface area contributed by atoms with Gasteiger partial charge in [-0.15, -0.1) is 0 Å². The number of carbonyl (C=O) groups excluding carboxylic acids is 1. The zero-order valence-corrected chi connectivity index (χ0v) is 27.5. The largest absolute Gasteiger partial charge is 0.464 e. The van der Waals surface area contributed by atoms with E-state index in [1.807, 2.05) is 45.2 Å². The summed E-state index contributed by atoms with van der Waals surface area (Å²) in [4.78, 5) is 20.7. The van der Waals surface area contributed by atoms with Crippen LogP contribution in [0.1, 0.15) is 107 Å². The van der Waals surface area contributed by atoms with Crippen LogP contribution < -0.4 is 4.90 Å². The molecule has 0 amide bonds. The molecule has 0 aliphatic carbocycles. The molecule has 0 spiro atoms. The lowest BCUT2D eigenvalue weighted by molar-refractivity contribution is -0.166. The molecule has 3 aromatic rings. The van der Waals surface area contributed by atoms with Crippen molar-refractivity contribution < 1.29 is 23.7 Å². The van der Waals surface area contributed by atoms with Crippen LogP contribution in [0.25, 0.3) is 5.65 Å². The molecule has 44 heavy (non-hydrogen) atoms. The van der Waals surface area contributed by atoms with E-state index in [9.17, 15) is 4.79 Å². The highest BCUT2D eigenvalue weighted by molar-refractivity contribution is 5.80. The fourth-order valence-electron chi connectivity index (χ4n) is 6.27. The molecule has 5 heterocycles. The fourth-order valence-corrected chi connectivity index (χ4v) is 6.27. The van der Waals surface area contributed by atoms with Gasteiger partial charge in [0.25, 0.3) is 0 Å². The van der Waals surface area contributed by atoms with E-state index in [0.717, 1.165) is 69.0 Å². The van der Waals surface area contributed by atoms with E-state index in [-0.39, 0.29) is 12.2 Å². The number of hydrogen-bond donors (Lipinski definition) is 0. The number of rotatable bonds is 4. The number of nitrogens with zero attached hydrogens (tertiary/aromatic N) is 4. The van der Waals surface area contributed by atoms with Crippen LogP contribution in [0.3, 0.4) is 0 Å². The molecular formula is C35H50N4O5. The first-order chi connectivity index (χ1) is 21.1. The number of carbonyl (C=O) groups is 1. The Morgan fingerprint density at radius 1 is 1.07 bits per heavy atom. The lowest BCUT2D eigenvalue weighted by Crippen LogP contribution is -2.46. The molecule has 6 rings (SSSR count). The lowest BCUT2D eigenvalue weighted by Gasteiger charge is -2.41. The van der Waals surface area contributed by atoms with Gasteiger partial charge in [0, 0.05) is 31.5 Å². The van der Waals surface area contributed by atoms with Gasteiger partial charge in [-0.1, -0.05) is 37.1 Å². The Kier molecular flexibility index (Phi) is 10.3. The fraction of sp³-hybridized carbons (Fsp3) is 0.629. The smallest absolute Gasteiger partial charge is 0.340 e. The molecule has 240 valence electrons. The predicted molar refractivity (Wildman–Crippen MR) is 171 cm³/mol. The molecule has 0 unspecified atom stereocenters. The average molecular weight is 607 g/mol. The summed E-state index contributed by atoms with van der Waals surface area (Å²) >= 11 is 0. The molecule has 0 N–H and O–H groups in total. The second kappa shape index (κ2) is 14.0. The molecule has 9 heteroatoms. The highest BCUT2D eigenvalue weighted by Gasteiger charge is 2.38. The number of benzene rings is 1. The standard InChI is InChI=1S/C35H50N4O5/c1-7-42-33(40)31(44-34(3,4)5)30-25(2)36-29-22-28-24-41-23-27-16-12-11-15-26(27)14-10-8-9-13-21-43-35(6)17-19-38(20-18-35)32(30)39(29)37-28/h11-12,15-16,22,31H,7-10,13-14,17-21,23-24H2,1-6H3/t31-/m0/s1. The number of esters is 1. The van der Waals surface area contributed by atoms with Gasteiger partial charge in [0.05, 0.1) is 42.3 Å². The summed E-state index contributed by atoms with van der Waals surface area (Å²) < 4.78 is 26.6. The third-order valence-corrected chi connectivity index (χ3v) is 8.63. The molecule has 3 aliphatic heterocycles. The molecule has 1 atom stereocenters. The van der Waals surface area contributed by atoms with Gasteiger partial charge >= 0.3 is 5.97 Å². The average Bonchev–Trinajstić information content (AvgIpc) is 3.37. The molecule has 4 bridgehead atoms. The van der Waals surface area contributed by atoms with Crippen molar-refractivity contribution in [3.05, 3.63) is 58.4 Å². The molecular weight excluding hydrogens is 556 g/mol. The number of ether oxygens (including phenoxy) is 4. The van der Waals surface area contributed by atoms with Gasteiger partial charge in [-0.2, -0.15) is 9.61 Å². The number of hydrogen-bond acceptors (Lipinski definition) is 8. The summed E-state index contributed by atoms with van der Waals surface area (Å²) in [6.07, 6.45) is 6.44. The third-order valence-electron chi connectivity index (χ3n) is 8.63. The SMILES string of the molecule is CCOC(=O)[C@@H](OC(C)(C)C)c1c(C)nc2cc3nn2c1N1CCC(C)(CC1)OCCCCCCc1ccccc1COC3. The maximum Gasteiger partial charge on any atom is 0.340 e. The Hall–Kier alpha value is -3.01. The van der Waals surface area contributed by atoms with Gasteiger partial charge < -0.3 is 23.8 Å². The monoisotopic (exact) mass is 606 g/mol.